The van der Waals surface area contributed by atoms with Gasteiger partial charge in [-0.05, 0) is 35.9 Å². The third-order valence-electron chi connectivity index (χ3n) is 5.44. The first kappa shape index (κ1) is 19.6. The first-order valence-corrected chi connectivity index (χ1v) is 9.72. The summed E-state index contributed by atoms with van der Waals surface area (Å²) in [5, 5.41) is 14.0. The highest BCUT2D eigenvalue weighted by molar-refractivity contribution is 5.75. The van der Waals surface area contributed by atoms with E-state index in [-0.39, 0.29) is 24.5 Å². The van der Waals surface area contributed by atoms with E-state index in [9.17, 15) is 14.0 Å². The number of nitriles is 1. The molecule has 2 bridgehead atoms. The molecule has 0 spiro atoms. The van der Waals surface area contributed by atoms with Gasteiger partial charge in [0.1, 0.15) is 24.3 Å². The second-order valence-electron chi connectivity index (χ2n) is 7.44. The van der Waals surface area contributed by atoms with E-state index >= 15 is 0 Å². The van der Waals surface area contributed by atoms with Crippen LogP contribution in [0.1, 0.15) is 22.5 Å². The number of aromatic nitrogens is 4. The van der Waals surface area contributed by atoms with Crippen LogP contribution in [0.4, 0.5) is 14.6 Å². The summed E-state index contributed by atoms with van der Waals surface area (Å²) in [5.41, 5.74) is 10.2. The number of aryl methyl sites for hydroxylation is 1. The quantitative estimate of drug-likeness (QED) is 0.456. The van der Waals surface area contributed by atoms with Crippen molar-refractivity contribution in [3.63, 3.8) is 0 Å². The van der Waals surface area contributed by atoms with Gasteiger partial charge in [0.2, 0.25) is 0 Å². The van der Waals surface area contributed by atoms with Gasteiger partial charge in [0.25, 0.3) is 0 Å². The van der Waals surface area contributed by atoms with Gasteiger partial charge in [-0.3, -0.25) is 9.67 Å². The Morgan fingerprint density at radius 2 is 1.91 bits per heavy atom. The fraction of sp³-hybridized carbons (Fsp3) is 0.130. The van der Waals surface area contributed by atoms with Crippen LogP contribution in [0.2, 0.25) is 0 Å². The molecule has 158 valence electrons. The molecule has 0 amide bonds. The summed E-state index contributed by atoms with van der Waals surface area (Å²) in [5.74, 6) is -0.482. The summed E-state index contributed by atoms with van der Waals surface area (Å²) in [4.78, 5) is 8.51. The summed E-state index contributed by atoms with van der Waals surface area (Å²) in [7, 11) is 1.71. The second-order valence-corrected chi connectivity index (χ2v) is 7.44. The summed E-state index contributed by atoms with van der Waals surface area (Å²) in [6.07, 6.45) is 2.89. The van der Waals surface area contributed by atoms with Crippen molar-refractivity contribution in [3.05, 3.63) is 76.9 Å². The van der Waals surface area contributed by atoms with Crippen LogP contribution in [0.3, 0.4) is 0 Å². The zero-order valence-electron chi connectivity index (χ0n) is 16.9. The molecule has 0 radical (unpaired) electrons. The van der Waals surface area contributed by atoms with Crippen LogP contribution in [0.25, 0.3) is 22.4 Å². The second kappa shape index (κ2) is 7.42. The zero-order valence-corrected chi connectivity index (χ0v) is 16.9. The molecule has 7 nitrogen and oxygen atoms in total. The van der Waals surface area contributed by atoms with Gasteiger partial charge in [-0.2, -0.15) is 10.4 Å². The molecule has 32 heavy (non-hydrogen) atoms. The number of pyridine rings is 2. The van der Waals surface area contributed by atoms with Gasteiger partial charge >= 0.3 is 0 Å². The molecule has 1 aliphatic rings. The van der Waals surface area contributed by atoms with E-state index in [0.717, 1.165) is 6.20 Å². The maximum Gasteiger partial charge on any atom is 0.170 e. The Morgan fingerprint density at radius 3 is 2.72 bits per heavy atom. The molecule has 2 N–H and O–H groups in total. The Balaban J connectivity index is 1.84. The number of benzene rings is 1. The predicted molar refractivity (Wildman–Crippen MR) is 112 cm³/mol. The predicted octanol–water partition coefficient (Wildman–Crippen LogP) is 3.76. The van der Waals surface area contributed by atoms with Crippen molar-refractivity contribution in [2.75, 3.05) is 5.73 Å². The number of nitrogens with two attached hydrogens (primary N) is 1. The van der Waals surface area contributed by atoms with E-state index in [0.29, 0.717) is 45.0 Å². The lowest BCUT2D eigenvalue weighted by atomic mass is 9.95. The fourth-order valence-corrected chi connectivity index (χ4v) is 3.96. The van der Waals surface area contributed by atoms with Crippen molar-refractivity contribution in [1.29, 1.82) is 5.26 Å². The minimum Gasteiger partial charge on any atom is -0.485 e. The Kier molecular flexibility index (Phi) is 4.56. The van der Waals surface area contributed by atoms with Crippen molar-refractivity contribution < 1.29 is 13.5 Å². The lowest BCUT2D eigenvalue weighted by Gasteiger charge is -2.17. The van der Waals surface area contributed by atoms with Gasteiger partial charge in [0, 0.05) is 41.9 Å². The van der Waals surface area contributed by atoms with Crippen LogP contribution < -0.4 is 10.5 Å². The Morgan fingerprint density at radius 1 is 1.09 bits per heavy atom. The minimum absolute atomic E-state index is 0.00801. The van der Waals surface area contributed by atoms with Crippen LogP contribution in [-0.4, -0.2) is 19.7 Å². The van der Waals surface area contributed by atoms with Gasteiger partial charge in [-0.25, -0.2) is 13.8 Å². The van der Waals surface area contributed by atoms with Gasteiger partial charge < -0.3 is 10.5 Å². The highest BCUT2D eigenvalue weighted by atomic mass is 19.1. The lowest BCUT2D eigenvalue weighted by molar-refractivity contribution is 0.307. The van der Waals surface area contributed by atoms with Crippen LogP contribution in [0.15, 0.2) is 42.7 Å². The standard InChI is InChI=1S/C23H16F2N6O/c1-31-19-6-12-4-16(25)10-28-22(12)17-3-2-15(24)5-14(17)11-32-20-7-13(9-29-23(20)27)21(19)18(8-26)30-31/h2-5,7,9-10H,6,11H2,1H3,(H2,27,29). The third-order valence-corrected chi connectivity index (χ3v) is 5.44. The van der Waals surface area contributed by atoms with Crippen molar-refractivity contribution >= 4 is 5.82 Å². The molecule has 0 saturated carbocycles. The van der Waals surface area contributed by atoms with Crippen molar-refractivity contribution in [1.82, 2.24) is 19.7 Å². The number of ether oxygens (including phenoxy) is 1. The Bertz CT molecular complexity index is 1420. The highest BCUT2D eigenvalue weighted by Crippen LogP contribution is 2.36. The number of nitrogens with zero attached hydrogens (tertiary/aromatic N) is 5. The maximum absolute atomic E-state index is 14.2. The molecule has 4 heterocycles. The molecule has 3 aromatic heterocycles. The first-order chi connectivity index (χ1) is 15.4. The van der Waals surface area contributed by atoms with E-state index in [4.69, 9.17) is 10.5 Å². The topological polar surface area (TPSA) is 103 Å². The molecule has 4 aromatic rings. The maximum atomic E-state index is 14.2. The summed E-state index contributed by atoms with van der Waals surface area (Å²) >= 11 is 0. The number of hydrogen-bond acceptors (Lipinski definition) is 6. The van der Waals surface area contributed by atoms with Crippen LogP contribution in [0.5, 0.6) is 5.75 Å². The number of nitrogen functional groups attached to an aromatic ring is 1. The summed E-state index contributed by atoms with van der Waals surface area (Å²) in [6, 6.07) is 9.43. The molecule has 0 atom stereocenters. The zero-order chi connectivity index (χ0) is 22.4. The number of fused-ring (bicyclic) bond motifs is 7. The molecule has 1 aliphatic heterocycles. The summed E-state index contributed by atoms with van der Waals surface area (Å²) < 4.78 is 35.8. The number of anilines is 1. The average Bonchev–Trinajstić information content (AvgIpc) is 3.08. The van der Waals surface area contributed by atoms with Crippen molar-refractivity contribution in [2.45, 2.75) is 13.0 Å². The van der Waals surface area contributed by atoms with Gasteiger partial charge in [0.05, 0.1) is 17.6 Å². The third kappa shape index (κ3) is 3.22. The molecule has 5 rings (SSSR count). The Hall–Kier alpha value is -4.32. The Labute approximate surface area is 181 Å². The number of hydrogen-bond donors (Lipinski definition) is 1. The van der Waals surface area contributed by atoms with E-state index in [1.54, 1.807) is 23.9 Å². The lowest BCUT2D eigenvalue weighted by Crippen LogP contribution is -2.07. The van der Waals surface area contributed by atoms with E-state index in [1.807, 2.05) is 0 Å². The molecular weight excluding hydrogens is 414 g/mol. The van der Waals surface area contributed by atoms with E-state index in [2.05, 4.69) is 21.1 Å². The molecule has 0 aliphatic carbocycles. The number of rotatable bonds is 0. The minimum atomic E-state index is -0.503. The van der Waals surface area contributed by atoms with Gasteiger partial charge in [-0.15, -0.1) is 0 Å². The van der Waals surface area contributed by atoms with Crippen LogP contribution in [0, 0.1) is 23.0 Å². The first-order valence-electron chi connectivity index (χ1n) is 9.72. The molecule has 0 saturated heterocycles. The fourth-order valence-electron chi connectivity index (χ4n) is 3.96. The van der Waals surface area contributed by atoms with Gasteiger partial charge in [0.15, 0.2) is 17.3 Å². The van der Waals surface area contributed by atoms with Crippen molar-refractivity contribution in [3.8, 4) is 34.2 Å². The van der Waals surface area contributed by atoms with Gasteiger partial charge in [-0.1, -0.05) is 0 Å². The van der Waals surface area contributed by atoms with Crippen LogP contribution in [-0.2, 0) is 20.1 Å². The molecule has 9 heteroatoms. The van der Waals surface area contributed by atoms with E-state index in [1.165, 1.54) is 24.4 Å². The molecule has 0 unspecified atom stereocenters. The largest absolute Gasteiger partial charge is 0.485 e. The van der Waals surface area contributed by atoms with Crippen LogP contribution >= 0.6 is 0 Å². The summed E-state index contributed by atoms with van der Waals surface area (Å²) in [6.45, 7) is -0.00801. The molecule has 1 aromatic carbocycles. The van der Waals surface area contributed by atoms with Crippen molar-refractivity contribution in [2.24, 2.45) is 7.05 Å². The SMILES string of the molecule is Cn1nc(C#N)c2c1Cc1cc(F)cnc1-c1ccc(F)cc1COc1cc-2cnc1N. The number of halogens is 2. The molecule has 0 fully saturated rings. The molecular formula is C23H16F2N6O. The highest BCUT2D eigenvalue weighted by Gasteiger charge is 2.23. The average molecular weight is 430 g/mol. The van der Waals surface area contributed by atoms with E-state index < -0.39 is 11.6 Å². The normalized spacial score (nSPS) is 12.3. The smallest absolute Gasteiger partial charge is 0.170 e. The monoisotopic (exact) mass is 430 g/mol.